The molecule has 0 unspecified atom stereocenters. The number of hydrogen-bond donors (Lipinski definition) is 1. The van der Waals surface area contributed by atoms with Crippen LogP contribution in [0.1, 0.15) is 34.9 Å². The van der Waals surface area contributed by atoms with Crippen molar-refractivity contribution in [2.24, 2.45) is 0 Å². The second kappa shape index (κ2) is 8.11. The molecular formula is C26H23FN2O3. The van der Waals surface area contributed by atoms with E-state index in [-0.39, 0.29) is 18.2 Å². The summed E-state index contributed by atoms with van der Waals surface area (Å²) in [7, 11) is 0. The maximum absolute atomic E-state index is 15.5. The van der Waals surface area contributed by atoms with Crippen LogP contribution in [-0.2, 0) is 17.6 Å². The average Bonchev–Trinajstić information content (AvgIpc) is 3.32. The highest BCUT2D eigenvalue weighted by molar-refractivity contribution is 5.78. The van der Waals surface area contributed by atoms with Crippen LogP contribution in [0.5, 0.6) is 5.75 Å². The molecule has 0 saturated heterocycles. The molecule has 162 valence electrons. The lowest BCUT2D eigenvalue weighted by Crippen LogP contribution is -2.07. The predicted molar refractivity (Wildman–Crippen MR) is 120 cm³/mol. The summed E-state index contributed by atoms with van der Waals surface area (Å²) in [6, 6.07) is 19.1. The minimum Gasteiger partial charge on any atom is -0.493 e. The van der Waals surface area contributed by atoms with Gasteiger partial charge in [-0.1, -0.05) is 36.4 Å². The van der Waals surface area contributed by atoms with E-state index in [1.165, 1.54) is 0 Å². The maximum Gasteiger partial charge on any atom is 0.304 e. The Bertz CT molecular complexity index is 1330. The van der Waals surface area contributed by atoms with Gasteiger partial charge in [0, 0.05) is 11.5 Å². The lowest BCUT2D eigenvalue weighted by molar-refractivity contribution is -0.137. The van der Waals surface area contributed by atoms with Gasteiger partial charge in [-0.15, -0.1) is 0 Å². The standard InChI is InChI=1S/C26H23FN2O3/c1-16-28-21-6-2-3-7-22(21)29(16)23-8-4-5-18(26(23)27)11-9-17-10-12-20-19(14-25(30)31)15-32-24(20)13-17/h2-8,10,12-13,19H,9,11,14-15H2,1H3,(H,30,31)/t19-/m1/s1. The molecule has 5 nitrogen and oxygen atoms in total. The van der Waals surface area contributed by atoms with Gasteiger partial charge in [-0.05, 0) is 55.2 Å². The van der Waals surface area contributed by atoms with E-state index in [2.05, 4.69) is 4.98 Å². The zero-order chi connectivity index (χ0) is 22.2. The molecule has 0 bridgehead atoms. The molecule has 32 heavy (non-hydrogen) atoms. The number of ether oxygens (including phenoxy) is 1. The highest BCUT2D eigenvalue weighted by Crippen LogP contribution is 2.36. The van der Waals surface area contributed by atoms with E-state index in [0.29, 0.717) is 30.7 Å². The average molecular weight is 430 g/mol. The van der Waals surface area contributed by atoms with Gasteiger partial charge in [-0.2, -0.15) is 0 Å². The van der Waals surface area contributed by atoms with E-state index in [0.717, 1.165) is 33.7 Å². The molecule has 3 aromatic carbocycles. The molecular weight excluding hydrogens is 407 g/mol. The van der Waals surface area contributed by atoms with Gasteiger partial charge in [0.1, 0.15) is 17.4 Å². The van der Waals surface area contributed by atoms with E-state index >= 15 is 4.39 Å². The Labute approximate surface area is 185 Å². The van der Waals surface area contributed by atoms with Crippen molar-refractivity contribution in [2.45, 2.75) is 32.1 Å². The number of nitrogens with zero attached hydrogens (tertiary/aromatic N) is 2. The number of carbonyl (C=O) groups is 1. The fourth-order valence-electron chi connectivity index (χ4n) is 4.52. The van der Waals surface area contributed by atoms with Crippen LogP contribution in [0.4, 0.5) is 4.39 Å². The molecule has 1 aromatic heterocycles. The number of benzene rings is 3. The molecule has 0 amide bonds. The summed E-state index contributed by atoms with van der Waals surface area (Å²) in [5.74, 6) is 0.306. The van der Waals surface area contributed by atoms with Gasteiger partial charge in [0.05, 0.1) is 29.7 Å². The van der Waals surface area contributed by atoms with Crippen molar-refractivity contribution >= 4 is 17.0 Å². The van der Waals surface area contributed by atoms with Crippen molar-refractivity contribution in [3.8, 4) is 11.4 Å². The Morgan fingerprint density at radius 1 is 1.16 bits per heavy atom. The zero-order valence-corrected chi connectivity index (χ0v) is 17.7. The smallest absolute Gasteiger partial charge is 0.304 e. The van der Waals surface area contributed by atoms with Crippen LogP contribution >= 0.6 is 0 Å². The fourth-order valence-corrected chi connectivity index (χ4v) is 4.52. The molecule has 0 spiro atoms. The quantitative estimate of drug-likeness (QED) is 0.456. The van der Waals surface area contributed by atoms with Crippen LogP contribution in [0.15, 0.2) is 60.7 Å². The Morgan fingerprint density at radius 3 is 2.84 bits per heavy atom. The Hall–Kier alpha value is -3.67. The van der Waals surface area contributed by atoms with Crippen LogP contribution in [0.2, 0.25) is 0 Å². The predicted octanol–water partition coefficient (Wildman–Crippen LogP) is 5.21. The molecule has 6 heteroatoms. The third kappa shape index (κ3) is 3.62. The van der Waals surface area contributed by atoms with E-state index in [9.17, 15) is 4.79 Å². The van der Waals surface area contributed by atoms with Crippen molar-refractivity contribution in [2.75, 3.05) is 6.61 Å². The number of aromatic nitrogens is 2. The topological polar surface area (TPSA) is 64.4 Å². The van der Waals surface area contributed by atoms with Crippen LogP contribution in [0.25, 0.3) is 16.7 Å². The molecule has 0 fully saturated rings. The van der Waals surface area contributed by atoms with Gasteiger partial charge in [-0.25, -0.2) is 9.37 Å². The molecule has 1 aliphatic rings. The first-order valence-corrected chi connectivity index (χ1v) is 10.7. The largest absolute Gasteiger partial charge is 0.493 e. The lowest BCUT2D eigenvalue weighted by Gasteiger charge is -2.12. The molecule has 4 aromatic rings. The highest BCUT2D eigenvalue weighted by atomic mass is 19.1. The molecule has 2 heterocycles. The number of imidazole rings is 1. The van der Waals surface area contributed by atoms with Gasteiger partial charge in [0.25, 0.3) is 0 Å². The first-order chi connectivity index (χ1) is 15.5. The van der Waals surface area contributed by atoms with E-state index in [1.807, 2.05) is 66.1 Å². The minimum atomic E-state index is -0.827. The first-order valence-electron chi connectivity index (χ1n) is 10.7. The highest BCUT2D eigenvalue weighted by Gasteiger charge is 2.26. The van der Waals surface area contributed by atoms with Crippen molar-refractivity contribution < 1.29 is 19.0 Å². The van der Waals surface area contributed by atoms with Gasteiger partial charge >= 0.3 is 5.97 Å². The van der Waals surface area contributed by atoms with Gasteiger partial charge in [0.2, 0.25) is 0 Å². The zero-order valence-electron chi connectivity index (χ0n) is 17.7. The number of carboxylic acid groups (broad SMARTS) is 1. The molecule has 0 aliphatic carbocycles. The number of aryl methyl sites for hydroxylation is 3. The van der Waals surface area contributed by atoms with Crippen LogP contribution in [-0.4, -0.2) is 27.2 Å². The third-order valence-corrected chi connectivity index (χ3v) is 6.09. The number of carboxylic acids is 1. The molecule has 5 rings (SSSR count). The fraction of sp³-hybridized carbons (Fsp3) is 0.231. The van der Waals surface area contributed by atoms with Crippen molar-refractivity contribution in [1.29, 1.82) is 0 Å². The summed E-state index contributed by atoms with van der Waals surface area (Å²) in [4.78, 5) is 15.6. The molecule has 1 aliphatic heterocycles. The van der Waals surface area contributed by atoms with E-state index < -0.39 is 5.97 Å². The molecule has 1 atom stereocenters. The summed E-state index contributed by atoms with van der Waals surface area (Å²) < 4.78 is 23.1. The summed E-state index contributed by atoms with van der Waals surface area (Å²) in [5.41, 5.74) is 4.84. The number of rotatable bonds is 6. The Morgan fingerprint density at radius 2 is 2.00 bits per heavy atom. The second-order valence-corrected chi connectivity index (χ2v) is 8.21. The van der Waals surface area contributed by atoms with Crippen LogP contribution in [0, 0.1) is 12.7 Å². The second-order valence-electron chi connectivity index (χ2n) is 8.21. The summed E-state index contributed by atoms with van der Waals surface area (Å²) in [6.07, 6.45) is 1.26. The first kappa shape index (κ1) is 20.2. The lowest BCUT2D eigenvalue weighted by atomic mass is 9.95. The molecule has 0 radical (unpaired) electrons. The molecule has 0 saturated carbocycles. The summed E-state index contributed by atoms with van der Waals surface area (Å²) in [6.45, 7) is 2.27. The van der Waals surface area contributed by atoms with Gasteiger partial charge < -0.3 is 9.84 Å². The number of para-hydroxylation sites is 2. The van der Waals surface area contributed by atoms with Crippen LogP contribution in [0.3, 0.4) is 0 Å². The van der Waals surface area contributed by atoms with Crippen molar-refractivity contribution in [3.63, 3.8) is 0 Å². The number of fused-ring (bicyclic) bond motifs is 2. The van der Waals surface area contributed by atoms with E-state index in [1.54, 1.807) is 6.07 Å². The Kier molecular flexibility index (Phi) is 5.13. The Balaban J connectivity index is 1.39. The van der Waals surface area contributed by atoms with Crippen LogP contribution < -0.4 is 4.74 Å². The number of halogens is 1. The third-order valence-electron chi connectivity index (χ3n) is 6.09. The SMILES string of the molecule is Cc1nc2ccccc2n1-c1cccc(CCc2ccc3c(c2)OC[C@H]3CC(=O)O)c1F. The van der Waals surface area contributed by atoms with Crippen molar-refractivity contribution in [1.82, 2.24) is 9.55 Å². The molecule has 1 N–H and O–H groups in total. The number of aliphatic carboxylic acids is 1. The van der Waals surface area contributed by atoms with Crippen molar-refractivity contribution in [3.05, 3.63) is 89.0 Å². The normalized spacial score (nSPS) is 15.0. The maximum atomic E-state index is 15.5. The summed E-state index contributed by atoms with van der Waals surface area (Å²) in [5, 5.41) is 9.06. The monoisotopic (exact) mass is 430 g/mol. The van der Waals surface area contributed by atoms with Gasteiger partial charge in [0.15, 0.2) is 0 Å². The number of hydrogen-bond acceptors (Lipinski definition) is 3. The summed E-state index contributed by atoms with van der Waals surface area (Å²) >= 11 is 0. The van der Waals surface area contributed by atoms with Gasteiger partial charge in [-0.3, -0.25) is 9.36 Å². The van der Waals surface area contributed by atoms with E-state index in [4.69, 9.17) is 9.84 Å². The minimum absolute atomic E-state index is 0.0622.